The second kappa shape index (κ2) is 6.92. The maximum absolute atomic E-state index is 11.4. The van der Waals surface area contributed by atoms with E-state index in [1.165, 1.54) is 0 Å². The Hall–Kier alpha value is -1.31. The van der Waals surface area contributed by atoms with E-state index in [0.29, 0.717) is 18.0 Å². The maximum Gasteiger partial charge on any atom is 0.490 e. The molecule has 0 aromatic rings. The van der Waals surface area contributed by atoms with Crippen molar-refractivity contribution in [1.82, 2.24) is 10.2 Å². The number of carboxylic acid groups (broad SMARTS) is 1. The highest BCUT2D eigenvalue weighted by Gasteiger charge is 2.39. The number of piperidine rings is 1. The first kappa shape index (κ1) is 16.7. The molecule has 5 nitrogen and oxygen atoms in total. The van der Waals surface area contributed by atoms with Gasteiger partial charge in [-0.3, -0.25) is 4.79 Å². The highest BCUT2D eigenvalue weighted by molar-refractivity contribution is 5.83. The van der Waals surface area contributed by atoms with Gasteiger partial charge in [0.05, 0.1) is 0 Å². The van der Waals surface area contributed by atoms with Crippen molar-refractivity contribution in [2.24, 2.45) is 0 Å². The van der Waals surface area contributed by atoms with Crippen LogP contribution < -0.4 is 5.32 Å². The average Bonchev–Trinajstić information content (AvgIpc) is 2.36. The molecule has 1 atom stereocenters. The third-order valence-electron chi connectivity index (χ3n) is 3.51. The molecular formula is C12H19F3N2O3. The van der Waals surface area contributed by atoms with E-state index < -0.39 is 12.1 Å². The van der Waals surface area contributed by atoms with E-state index in [4.69, 9.17) is 9.90 Å². The first-order valence-corrected chi connectivity index (χ1v) is 6.59. The average molecular weight is 296 g/mol. The molecule has 2 fully saturated rings. The summed E-state index contributed by atoms with van der Waals surface area (Å²) in [7, 11) is 0. The van der Waals surface area contributed by atoms with E-state index >= 15 is 0 Å². The van der Waals surface area contributed by atoms with Gasteiger partial charge in [0, 0.05) is 18.5 Å². The molecule has 20 heavy (non-hydrogen) atoms. The van der Waals surface area contributed by atoms with Gasteiger partial charge >= 0.3 is 12.1 Å². The van der Waals surface area contributed by atoms with Crippen molar-refractivity contribution >= 4 is 11.9 Å². The number of nitrogens with one attached hydrogen (secondary N) is 1. The molecular weight excluding hydrogens is 277 g/mol. The Bertz CT molecular complexity index is 354. The lowest BCUT2D eigenvalue weighted by Gasteiger charge is -2.47. The predicted octanol–water partition coefficient (Wildman–Crippen LogP) is 1.38. The molecule has 0 aromatic heterocycles. The number of rotatable bonds is 2. The van der Waals surface area contributed by atoms with Gasteiger partial charge in [-0.2, -0.15) is 13.2 Å². The summed E-state index contributed by atoms with van der Waals surface area (Å²) in [5, 5.41) is 10.5. The molecule has 2 saturated heterocycles. The van der Waals surface area contributed by atoms with E-state index in [1.54, 1.807) is 0 Å². The van der Waals surface area contributed by atoms with Gasteiger partial charge in [0.25, 0.3) is 0 Å². The Kier molecular flexibility index (Phi) is 5.79. The van der Waals surface area contributed by atoms with Gasteiger partial charge in [-0.05, 0) is 32.4 Å². The summed E-state index contributed by atoms with van der Waals surface area (Å²) in [4.78, 5) is 22.4. The molecule has 0 saturated carbocycles. The number of nitrogens with zero attached hydrogens (tertiary/aromatic N) is 1. The molecule has 2 aliphatic heterocycles. The number of likely N-dealkylation sites (tertiary alicyclic amines) is 1. The van der Waals surface area contributed by atoms with Crippen molar-refractivity contribution in [2.75, 3.05) is 13.1 Å². The minimum atomic E-state index is -5.08. The fraction of sp³-hybridized carbons (Fsp3) is 0.833. The third kappa shape index (κ3) is 4.36. The van der Waals surface area contributed by atoms with Gasteiger partial charge in [-0.25, -0.2) is 4.79 Å². The zero-order valence-corrected chi connectivity index (χ0v) is 11.2. The van der Waals surface area contributed by atoms with Crippen LogP contribution in [0.25, 0.3) is 0 Å². The number of hydrogen-bond acceptors (Lipinski definition) is 3. The fourth-order valence-corrected chi connectivity index (χ4v) is 2.42. The molecule has 2 heterocycles. The predicted molar refractivity (Wildman–Crippen MR) is 65.1 cm³/mol. The van der Waals surface area contributed by atoms with Crippen LogP contribution in [0.3, 0.4) is 0 Å². The Morgan fingerprint density at radius 1 is 1.40 bits per heavy atom. The van der Waals surface area contributed by atoms with Crippen LogP contribution in [0, 0.1) is 0 Å². The summed E-state index contributed by atoms with van der Waals surface area (Å²) < 4.78 is 31.7. The van der Waals surface area contributed by atoms with Crippen molar-refractivity contribution in [2.45, 2.75) is 50.9 Å². The summed E-state index contributed by atoms with van der Waals surface area (Å²) in [5.41, 5.74) is 0. The van der Waals surface area contributed by atoms with E-state index in [1.807, 2.05) is 0 Å². The molecule has 0 aliphatic carbocycles. The Morgan fingerprint density at radius 3 is 2.25 bits per heavy atom. The van der Waals surface area contributed by atoms with Crippen molar-refractivity contribution in [1.29, 1.82) is 0 Å². The minimum absolute atomic E-state index is 0.374. The molecule has 116 valence electrons. The van der Waals surface area contributed by atoms with Crippen molar-refractivity contribution in [3.05, 3.63) is 0 Å². The highest BCUT2D eigenvalue weighted by Crippen LogP contribution is 2.28. The Balaban J connectivity index is 0.000000246. The zero-order chi connectivity index (χ0) is 15.3. The zero-order valence-electron chi connectivity index (χ0n) is 11.2. The van der Waals surface area contributed by atoms with Gasteiger partial charge in [0.1, 0.15) is 0 Å². The SMILES string of the molecule is CC[C@@H]1CC(=O)N1C1CCNCC1.O=C(O)C(F)(F)F. The minimum Gasteiger partial charge on any atom is -0.475 e. The molecule has 0 unspecified atom stereocenters. The van der Waals surface area contributed by atoms with Crippen LogP contribution in [-0.2, 0) is 9.59 Å². The topological polar surface area (TPSA) is 69.6 Å². The number of carboxylic acids is 1. The highest BCUT2D eigenvalue weighted by atomic mass is 19.4. The summed E-state index contributed by atoms with van der Waals surface area (Å²) >= 11 is 0. The monoisotopic (exact) mass is 296 g/mol. The number of halogens is 3. The summed E-state index contributed by atoms with van der Waals surface area (Å²) in [6.45, 7) is 4.32. The molecule has 2 rings (SSSR count). The van der Waals surface area contributed by atoms with Crippen LogP contribution >= 0.6 is 0 Å². The van der Waals surface area contributed by atoms with Gasteiger partial charge in [-0.15, -0.1) is 0 Å². The van der Waals surface area contributed by atoms with E-state index in [2.05, 4.69) is 17.1 Å². The molecule has 0 aromatic carbocycles. The van der Waals surface area contributed by atoms with Crippen LogP contribution in [0.4, 0.5) is 13.2 Å². The van der Waals surface area contributed by atoms with Gasteiger partial charge < -0.3 is 15.3 Å². The number of β-lactam (4-membered cyclic amide) rings is 1. The van der Waals surface area contributed by atoms with Crippen molar-refractivity contribution < 1.29 is 27.9 Å². The van der Waals surface area contributed by atoms with Crippen LogP contribution in [0.5, 0.6) is 0 Å². The van der Waals surface area contributed by atoms with E-state index in [0.717, 1.165) is 38.8 Å². The van der Waals surface area contributed by atoms with Crippen LogP contribution in [0.2, 0.25) is 0 Å². The Morgan fingerprint density at radius 2 is 1.90 bits per heavy atom. The lowest BCUT2D eigenvalue weighted by molar-refractivity contribution is -0.192. The standard InChI is InChI=1S/C10H18N2O.C2HF3O2/c1-2-8-7-10(13)12(8)9-3-5-11-6-4-9;3-2(4,5)1(6)7/h8-9,11H,2-7H2,1H3;(H,6,7)/t8-;/m1./s1. The number of amides is 1. The fourth-order valence-electron chi connectivity index (χ4n) is 2.42. The van der Waals surface area contributed by atoms with Gasteiger partial charge in [-0.1, -0.05) is 6.92 Å². The molecule has 2 N–H and O–H groups in total. The van der Waals surface area contributed by atoms with Crippen LogP contribution in [-0.4, -0.2) is 53.2 Å². The second-order valence-electron chi connectivity index (χ2n) is 4.85. The number of hydrogen-bond donors (Lipinski definition) is 2. The lowest BCUT2D eigenvalue weighted by atomic mass is 9.92. The second-order valence-corrected chi connectivity index (χ2v) is 4.85. The van der Waals surface area contributed by atoms with Crippen molar-refractivity contribution in [3.63, 3.8) is 0 Å². The Labute approximate surface area is 115 Å². The summed E-state index contributed by atoms with van der Waals surface area (Å²) in [6.07, 6.45) is -0.888. The molecule has 1 amide bonds. The third-order valence-corrected chi connectivity index (χ3v) is 3.51. The molecule has 0 radical (unpaired) electrons. The first-order chi connectivity index (χ1) is 9.27. The van der Waals surface area contributed by atoms with E-state index in [-0.39, 0.29) is 0 Å². The smallest absolute Gasteiger partial charge is 0.475 e. The number of aliphatic carboxylic acids is 1. The normalized spacial score (nSPS) is 23.7. The number of carbonyl (C=O) groups is 2. The van der Waals surface area contributed by atoms with Gasteiger partial charge in [0.15, 0.2) is 0 Å². The number of alkyl halides is 3. The molecule has 0 spiro atoms. The quantitative estimate of drug-likeness (QED) is 0.755. The molecule has 0 bridgehead atoms. The van der Waals surface area contributed by atoms with E-state index in [9.17, 15) is 18.0 Å². The maximum atomic E-state index is 11.4. The lowest BCUT2D eigenvalue weighted by Crippen LogP contribution is -2.59. The van der Waals surface area contributed by atoms with Crippen molar-refractivity contribution in [3.8, 4) is 0 Å². The first-order valence-electron chi connectivity index (χ1n) is 6.59. The van der Waals surface area contributed by atoms with Gasteiger partial charge in [0.2, 0.25) is 5.91 Å². The molecule has 8 heteroatoms. The largest absolute Gasteiger partial charge is 0.490 e. The summed E-state index contributed by atoms with van der Waals surface area (Å²) in [5.74, 6) is -2.38. The van der Waals surface area contributed by atoms with Crippen LogP contribution in [0.1, 0.15) is 32.6 Å². The van der Waals surface area contributed by atoms with Crippen LogP contribution in [0.15, 0.2) is 0 Å². The summed E-state index contributed by atoms with van der Waals surface area (Å²) in [6, 6.07) is 1.09. The number of carbonyl (C=O) groups excluding carboxylic acids is 1. The molecule has 2 aliphatic rings.